The SMILES string of the molecule is Cc1ccc(CNC2CCSc3ccc(Cl)cc32)cc1F. The summed E-state index contributed by atoms with van der Waals surface area (Å²) >= 11 is 7.98. The summed E-state index contributed by atoms with van der Waals surface area (Å²) in [5.74, 6) is 0.950. The summed E-state index contributed by atoms with van der Waals surface area (Å²) in [6, 6.07) is 11.8. The molecular formula is C17H17ClFNS. The molecule has 2 aromatic carbocycles. The molecule has 1 nitrogen and oxygen atoms in total. The van der Waals surface area contributed by atoms with Crippen molar-refractivity contribution in [3.8, 4) is 0 Å². The van der Waals surface area contributed by atoms with Gasteiger partial charge in [-0.3, -0.25) is 0 Å². The fourth-order valence-electron chi connectivity index (χ4n) is 2.56. The number of rotatable bonds is 3. The Labute approximate surface area is 133 Å². The van der Waals surface area contributed by atoms with E-state index in [1.54, 1.807) is 13.0 Å². The molecule has 2 aromatic rings. The van der Waals surface area contributed by atoms with Gasteiger partial charge in [-0.25, -0.2) is 4.39 Å². The van der Waals surface area contributed by atoms with E-state index >= 15 is 0 Å². The Kier molecular flexibility index (Phi) is 4.53. The van der Waals surface area contributed by atoms with Crippen molar-refractivity contribution in [2.75, 3.05) is 5.75 Å². The van der Waals surface area contributed by atoms with Crippen molar-refractivity contribution in [2.24, 2.45) is 0 Å². The van der Waals surface area contributed by atoms with Gasteiger partial charge in [0.25, 0.3) is 0 Å². The number of thioether (sulfide) groups is 1. The zero-order valence-electron chi connectivity index (χ0n) is 11.8. The largest absolute Gasteiger partial charge is 0.306 e. The van der Waals surface area contributed by atoms with Crippen LogP contribution in [0.4, 0.5) is 4.39 Å². The third kappa shape index (κ3) is 3.42. The second-order valence-corrected chi connectivity index (χ2v) is 6.91. The number of aryl methyl sites for hydroxylation is 1. The van der Waals surface area contributed by atoms with Gasteiger partial charge in [-0.15, -0.1) is 11.8 Å². The molecule has 0 saturated heterocycles. The lowest BCUT2D eigenvalue weighted by Gasteiger charge is -2.26. The van der Waals surface area contributed by atoms with Crippen LogP contribution in [0.2, 0.25) is 5.02 Å². The zero-order chi connectivity index (χ0) is 14.8. The third-order valence-corrected chi connectivity index (χ3v) is 5.16. The van der Waals surface area contributed by atoms with Crippen LogP contribution in [0, 0.1) is 12.7 Å². The average Bonchev–Trinajstić information content (AvgIpc) is 2.48. The van der Waals surface area contributed by atoms with Crippen LogP contribution in [0.5, 0.6) is 0 Å². The second kappa shape index (κ2) is 6.39. The molecule has 0 fully saturated rings. The number of nitrogens with one attached hydrogen (secondary N) is 1. The van der Waals surface area contributed by atoms with Gasteiger partial charge in [-0.2, -0.15) is 0 Å². The Morgan fingerprint density at radius 3 is 2.95 bits per heavy atom. The molecule has 21 heavy (non-hydrogen) atoms. The lowest BCUT2D eigenvalue weighted by molar-refractivity contribution is 0.508. The molecule has 1 N–H and O–H groups in total. The van der Waals surface area contributed by atoms with Gasteiger partial charge in [0.15, 0.2) is 0 Å². The van der Waals surface area contributed by atoms with Crippen molar-refractivity contribution in [1.29, 1.82) is 0 Å². The van der Waals surface area contributed by atoms with E-state index in [0.717, 1.165) is 22.8 Å². The molecule has 0 saturated carbocycles. The lowest BCUT2D eigenvalue weighted by atomic mass is 10.0. The van der Waals surface area contributed by atoms with Gasteiger partial charge in [0.1, 0.15) is 5.82 Å². The molecule has 1 aliphatic rings. The standard InChI is InChI=1S/C17H17ClFNS/c1-11-2-3-12(8-15(11)19)10-20-16-6-7-21-17-5-4-13(18)9-14(16)17/h2-5,8-9,16,20H,6-7,10H2,1H3. The fraction of sp³-hybridized carbons (Fsp3) is 0.294. The minimum atomic E-state index is -0.142. The van der Waals surface area contributed by atoms with E-state index < -0.39 is 0 Å². The molecule has 0 bridgehead atoms. The van der Waals surface area contributed by atoms with Crippen molar-refractivity contribution in [3.63, 3.8) is 0 Å². The maximum atomic E-state index is 13.6. The fourth-order valence-corrected chi connectivity index (χ4v) is 3.85. The first-order valence-corrected chi connectivity index (χ1v) is 8.40. The van der Waals surface area contributed by atoms with Gasteiger partial charge in [-0.05, 0) is 60.1 Å². The van der Waals surface area contributed by atoms with Crippen molar-refractivity contribution < 1.29 is 4.39 Å². The minimum Gasteiger partial charge on any atom is -0.306 e. The van der Waals surface area contributed by atoms with Gasteiger partial charge < -0.3 is 5.32 Å². The third-order valence-electron chi connectivity index (χ3n) is 3.80. The van der Waals surface area contributed by atoms with Crippen molar-refractivity contribution in [1.82, 2.24) is 5.32 Å². The molecule has 0 aliphatic carbocycles. The Balaban J connectivity index is 1.74. The first-order chi connectivity index (χ1) is 10.1. The summed E-state index contributed by atoms with van der Waals surface area (Å²) < 4.78 is 13.6. The predicted octanol–water partition coefficient (Wildman–Crippen LogP) is 5.11. The molecule has 3 rings (SSSR count). The predicted molar refractivity (Wildman–Crippen MR) is 87.5 cm³/mol. The maximum Gasteiger partial charge on any atom is 0.126 e. The highest BCUT2D eigenvalue weighted by Crippen LogP contribution is 2.37. The molecule has 1 unspecified atom stereocenters. The van der Waals surface area contributed by atoms with E-state index in [1.165, 1.54) is 10.5 Å². The summed E-state index contributed by atoms with van der Waals surface area (Å²) in [6.07, 6.45) is 1.06. The van der Waals surface area contributed by atoms with E-state index in [2.05, 4.69) is 11.4 Å². The van der Waals surface area contributed by atoms with Crippen LogP contribution in [0.1, 0.15) is 29.2 Å². The first kappa shape index (κ1) is 14.9. The quantitative estimate of drug-likeness (QED) is 0.842. The lowest BCUT2D eigenvalue weighted by Crippen LogP contribution is -2.24. The van der Waals surface area contributed by atoms with Crippen molar-refractivity contribution >= 4 is 23.4 Å². The van der Waals surface area contributed by atoms with Crippen molar-refractivity contribution in [3.05, 3.63) is 63.9 Å². The highest BCUT2D eigenvalue weighted by atomic mass is 35.5. The molecular weight excluding hydrogens is 305 g/mol. The van der Waals surface area contributed by atoms with Gasteiger partial charge in [-0.1, -0.05) is 23.7 Å². The van der Waals surface area contributed by atoms with E-state index in [9.17, 15) is 4.39 Å². The maximum absolute atomic E-state index is 13.6. The van der Waals surface area contributed by atoms with Gasteiger partial charge in [0, 0.05) is 22.5 Å². The molecule has 0 aromatic heterocycles. The molecule has 110 valence electrons. The van der Waals surface area contributed by atoms with Gasteiger partial charge in [0.05, 0.1) is 0 Å². The monoisotopic (exact) mass is 321 g/mol. The number of hydrogen-bond donors (Lipinski definition) is 1. The summed E-state index contributed by atoms with van der Waals surface area (Å²) in [5.41, 5.74) is 2.91. The van der Waals surface area contributed by atoms with Crippen LogP contribution in [-0.2, 0) is 6.54 Å². The molecule has 1 aliphatic heterocycles. The Bertz CT molecular complexity index is 659. The molecule has 0 amide bonds. The summed E-state index contributed by atoms with van der Waals surface area (Å²) in [7, 11) is 0. The first-order valence-electron chi connectivity index (χ1n) is 7.04. The highest BCUT2D eigenvalue weighted by molar-refractivity contribution is 7.99. The number of halogens is 2. The normalized spacial score (nSPS) is 17.6. The minimum absolute atomic E-state index is 0.142. The van der Waals surface area contributed by atoms with Crippen LogP contribution >= 0.6 is 23.4 Å². The Morgan fingerprint density at radius 1 is 1.29 bits per heavy atom. The van der Waals surface area contributed by atoms with E-state index in [-0.39, 0.29) is 11.9 Å². The van der Waals surface area contributed by atoms with Gasteiger partial charge >= 0.3 is 0 Å². The zero-order valence-corrected chi connectivity index (χ0v) is 13.4. The van der Waals surface area contributed by atoms with E-state index in [4.69, 9.17) is 11.6 Å². The molecule has 0 spiro atoms. The van der Waals surface area contributed by atoms with Crippen molar-refractivity contribution in [2.45, 2.75) is 30.8 Å². The molecule has 0 radical (unpaired) electrons. The van der Waals surface area contributed by atoms with Crippen LogP contribution in [0.25, 0.3) is 0 Å². The number of fused-ring (bicyclic) bond motifs is 1. The van der Waals surface area contributed by atoms with Gasteiger partial charge in [0.2, 0.25) is 0 Å². The van der Waals surface area contributed by atoms with E-state index in [0.29, 0.717) is 12.1 Å². The van der Waals surface area contributed by atoms with Crippen LogP contribution in [-0.4, -0.2) is 5.75 Å². The summed E-state index contributed by atoms with van der Waals surface area (Å²) in [6.45, 7) is 2.45. The molecule has 1 heterocycles. The summed E-state index contributed by atoms with van der Waals surface area (Å²) in [5, 5.41) is 4.30. The Morgan fingerprint density at radius 2 is 2.14 bits per heavy atom. The van der Waals surface area contributed by atoms with Crippen LogP contribution < -0.4 is 5.32 Å². The van der Waals surface area contributed by atoms with Crippen LogP contribution in [0.3, 0.4) is 0 Å². The smallest absolute Gasteiger partial charge is 0.126 e. The highest BCUT2D eigenvalue weighted by Gasteiger charge is 2.20. The van der Waals surface area contributed by atoms with E-state index in [1.807, 2.05) is 36.0 Å². The second-order valence-electron chi connectivity index (χ2n) is 5.34. The number of benzene rings is 2. The molecule has 4 heteroatoms. The Hall–Kier alpha value is -1.03. The van der Waals surface area contributed by atoms with Crippen LogP contribution in [0.15, 0.2) is 41.3 Å². The average molecular weight is 322 g/mol. The molecule has 1 atom stereocenters. The number of hydrogen-bond acceptors (Lipinski definition) is 2. The summed E-state index contributed by atoms with van der Waals surface area (Å²) in [4.78, 5) is 1.29. The topological polar surface area (TPSA) is 12.0 Å².